The number of benzene rings is 9. The van der Waals surface area contributed by atoms with Crippen molar-refractivity contribution in [3.05, 3.63) is 229 Å². The van der Waals surface area contributed by atoms with Crippen LogP contribution in [0, 0.1) is 0 Å². The van der Waals surface area contributed by atoms with Gasteiger partial charge in [-0.15, -0.1) is 11.3 Å². The van der Waals surface area contributed by atoms with E-state index in [1.54, 1.807) is 0 Å². The van der Waals surface area contributed by atoms with Gasteiger partial charge in [0.05, 0.1) is 28.0 Å². The van der Waals surface area contributed by atoms with Crippen molar-refractivity contribution in [3.63, 3.8) is 0 Å². The van der Waals surface area contributed by atoms with Crippen LogP contribution in [0.1, 0.15) is 22.3 Å². The Balaban J connectivity index is 1.09. The summed E-state index contributed by atoms with van der Waals surface area (Å²) in [6.07, 6.45) is 0. The molecule has 11 aromatic rings. The van der Waals surface area contributed by atoms with E-state index in [1.165, 1.54) is 92.2 Å². The van der Waals surface area contributed by atoms with Gasteiger partial charge in [0.2, 0.25) is 0 Å². The molecule has 274 valence electrons. The first-order valence-electron chi connectivity index (χ1n) is 20.3. The molecule has 0 amide bonds. The van der Waals surface area contributed by atoms with Crippen molar-refractivity contribution in [2.24, 2.45) is 0 Å². The van der Waals surface area contributed by atoms with Crippen LogP contribution in [0.15, 0.2) is 206 Å². The van der Waals surface area contributed by atoms with E-state index in [9.17, 15) is 0 Å². The number of pyridine rings is 1. The van der Waals surface area contributed by atoms with Crippen molar-refractivity contribution in [1.82, 2.24) is 4.98 Å². The van der Waals surface area contributed by atoms with Gasteiger partial charge in [-0.05, 0) is 81.4 Å². The number of fused-ring (bicyclic) bond motifs is 16. The highest BCUT2D eigenvalue weighted by Gasteiger charge is 2.51. The van der Waals surface area contributed by atoms with Crippen LogP contribution in [-0.2, 0) is 5.41 Å². The minimum atomic E-state index is -0.445. The summed E-state index contributed by atoms with van der Waals surface area (Å²) in [5, 5.41) is 6.20. The highest BCUT2D eigenvalue weighted by atomic mass is 32.1. The molecule has 3 heteroatoms. The van der Waals surface area contributed by atoms with Gasteiger partial charge in [0.15, 0.2) is 0 Å². The van der Waals surface area contributed by atoms with Crippen LogP contribution < -0.4 is 4.90 Å². The first-order chi connectivity index (χ1) is 29.3. The summed E-state index contributed by atoms with van der Waals surface area (Å²) in [5.41, 5.74) is 16.5. The standard InChI is InChI=1S/C56H34N2S/c1-2-17-35(18-3-1)54-43-34-42(55-53(41-24-7-15-32-51(41)59-55)52(43)40-23-6-12-29-48(40)57-54)36-19-16-20-37(33-36)58-49-30-13-10-27-46(49)56(47-28-11-14-31-50(47)58)44-25-8-4-21-38(44)39-22-5-9-26-45(39)56/h1-34H. The summed E-state index contributed by atoms with van der Waals surface area (Å²) in [6.45, 7) is 0. The Labute approximate surface area is 345 Å². The van der Waals surface area contributed by atoms with Crippen LogP contribution in [0.2, 0.25) is 0 Å². The topological polar surface area (TPSA) is 16.1 Å². The normalized spacial score (nSPS) is 13.5. The quantitative estimate of drug-likeness (QED) is 0.167. The first kappa shape index (κ1) is 32.7. The van der Waals surface area contributed by atoms with Crippen molar-refractivity contribution >= 4 is 70.2 Å². The summed E-state index contributed by atoms with van der Waals surface area (Å²) < 4.78 is 2.58. The summed E-state index contributed by atoms with van der Waals surface area (Å²) >= 11 is 1.89. The lowest BCUT2D eigenvalue weighted by atomic mass is 9.64. The smallest absolute Gasteiger partial charge is 0.0788 e. The number of thiophene rings is 1. The van der Waals surface area contributed by atoms with Gasteiger partial charge in [-0.2, -0.15) is 0 Å². The third-order valence-corrected chi connectivity index (χ3v) is 14.0. The van der Waals surface area contributed by atoms with E-state index < -0.39 is 5.41 Å². The number of hydrogen-bond donors (Lipinski definition) is 0. The second-order valence-corrected chi connectivity index (χ2v) is 16.8. The number of anilines is 3. The molecular formula is C56H34N2S. The van der Waals surface area contributed by atoms with E-state index in [0.717, 1.165) is 22.5 Å². The molecule has 3 heterocycles. The number of nitrogens with zero attached hydrogens (tertiary/aromatic N) is 2. The molecule has 0 atom stereocenters. The molecule has 2 aliphatic rings. The van der Waals surface area contributed by atoms with Gasteiger partial charge < -0.3 is 4.90 Å². The van der Waals surface area contributed by atoms with Crippen LogP contribution in [0.5, 0.6) is 0 Å². The zero-order valence-corrected chi connectivity index (χ0v) is 32.7. The molecule has 0 saturated heterocycles. The molecule has 13 rings (SSSR count). The van der Waals surface area contributed by atoms with Gasteiger partial charge in [0.1, 0.15) is 0 Å². The van der Waals surface area contributed by atoms with Crippen molar-refractivity contribution in [1.29, 1.82) is 0 Å². The maximum absolute atomic E-state index is 5.38. The van der Waals surface area contributed by atoms with Crippen molar-refractivity contribution in [2.45, 2.75) is 5.41 Å². The lowest BCUT2D eigenvalue weighted by molar-refractivity contribution is 0.752. The number of rotatable bonds is 3. The Hall–Kier alpha value is -7.33. The van der Waals surface area contributed by atoms with Crippen LogP contribution in [0.25, 0.3) is 75.4 Å². The van der Waals surface area contributed by atoms with E-state index in [0.29, 0.717) is 0 Å². The highest BCUT2D eigenvalue weighted by molar-refractivity contribution is 7.26. The summed E-state index contributed by atoms with van der Waals surface area (Å²) in [7, 11) is 0. The minimum absolute atomic E-state index is 0.445. The van der Waals surface area contributed by atoms with Gasteiger partial charge in [-0.3, -0.25) is 0 Å². The molecular weight excluding hydrogens is 733 g/mol. The molecule has 0 N–H and O–H groups in total. The largest absolute Gasteiger partial charge is 0.310 e. The van der Waals surface area contributed by atoms with Crippen LogP contribution in [0.4, 0.5) is 17.1 Å². The van der Waals surface area contributed by atoms with Gasteiger partial charge in [-0.25, -0.2) is 4.98 Å². The van der Waals surface area contributed by atoms with Gasteiger partial charge >= 0.3 is 0 Å². The van der Waals surface area contributed by atoms with Crippen molar-refractivity contribution < 1.29 is 0 Å². The van der Waals surface area contributed by atoms with E-state index in [4.69, 9.17) is 4.98 Å². The predicted molar refractivity (Wildman–Crippen MR) is 249 cm³/mol. The Bertz CT molecular complexity index is 3430. The molecule has 59 heavy (non-hydrogen) atoms. The maximum atomic E-state index is 5.38. The summed E-state index contributed by atoms with van der Waals surface area (Å²) in [4.78, 5) is 7.88. The number of para-hydroxylation sites is 3. The highest BCUT2D eigenvalue weighted by Crippen LogP contribution is 2.63. The predicted octanol–water partition coefficient (Wildman–Crippen LogP) is 15.2. The lowest BCUT2D eigenvalue weighted by Gasteiger charge is -2.45. The lowest BCUT2D eigenvalue weighted by Crippen LogP contribution is -2.36. The average Bonchev–Trinajstić information content (AvgIpc) is 3.84. The van der Waals surface area contributed by atoms with Crippen molar-refractivity contribution in [3.8, 4) is 33.5 Å². The van der Waals surface area contributed by atoms with Gasteiger partial charge in [0.25, 0.3) is 0 Å². The molecule has 0 fully saturated rings. The van der Waals surface area contributed by atoms with Gasteiger partial charge in [0, 0.05) is 53.1 Å². The van der Waals surface area contributed by atoms with Crippen LogP contribution in [0.3, 0.4) is 0 Å². The molecule has 2 aromatic heterocycles. The first-order valence-corrected chi connectivity index (χ1v) is 21.1. The molecule has 0 bridgehead atoms. The molecule has 2 nitrogen and oxygen atoms in total. The maximum Gasteiger partial charge on any atom is 0.0788 e. The molecule has 0 saturated carbocycles. The molecule has 0 radical (unpaired) electrons. The number of aromatic nitrogens is 1. The Morgan fingerprint density at radius 1 is 0.407 bits per heavy atom. The molecule has 1 aliphatic heterocycles. The Morgan fingerprint density at radius 3 is 1.71 bits per heavy atom. The fourth-order valence-electron chi connectivity index (χ4n) is 10.5. The molecule has 1 aliphatic carbocycles. The second kappa shape index (κ2) is 12.3. The number of hydrogen-bond acceptors (Lipinski definition) is 3. The fourth-order valence-corrected chi connectivity index (χ4v) is 11.8. The van der Waals surface area contributed by atoms with E-state index in [1.807, 2.05) is 11.3 Å². The monoisotopic (exact) mass is 766 g/mol. The SMILES string of the molecule is c1ccc(-c2nc3ccccc3c3c2cc(-c2cccc(N4c5ccccc5C5(c6ccccc6-c6ccccc65)c5ccccc54)c2)c2sc4ccccc4c23)cc1. The third-order valence-electron chi connectivity index (χ3n) is 12.8. The molecule has 1 spiro atoms. The summed E-state index contributed by atoms with van der Waals surface area (Å²) in [5.74, 6) is 0. The Morgan fingerprint density at radius 2 is 0.983 bits per heavy atom. The molecule has 0 unspecified atom stereocenters. The van der Waals surface area contributed by atoms with E-state index >= 15 is 0 Å². The summed E-state index contributed by atoms with van der Waals surface area (Å²) in [6, 6.07) is 76.0. The average molecular weight is 767 g/mol. The zero-order valence-electron chi connectivity index (χ0n) is 31.9. The van der Waals surface area contributed by atoms with Gasteiger partial charge in [-0.1, -0.05) is 164 Å². The van der Waals surface area contributed by atoms with E-state index in [2.05, 4.69) is 211 Å². The van der Waals surface area contributed by atoms with Crippen molar-refractivity contribution in [2.75, 3.05) is 4.90 Å². The van der Waals surface area contributed by atoms with E-state index in [-0.39, 0.29) is 0 Å². The fraction of sp³-hybridized carbons (Fsp3) is 0.0179. The zero-order chi connectivity index (χ0) is 38.7. The molecule has 9 aromatic carbocycles. The van der Waals surface area contributed by atoms with Crippen LogP contribution in [-0.4, -0.2) is 4.98 Å². The minimum Gasteiger partial charge on any atom is -0.310 e. The second-order valence-electron chi connectivity index (χ2n) is 15.8. The van der Waals surface area contributed by atoms with Crippen LogP contribution >= 0.6 is 11.3 Å². The third kappa shape index (κ3) is 4.43. The Kier molecular flexibility index (Phi) is 6.84.